The molecule has 2 rings (SSSR count). The molecule has 0 aliphatic rings. The Kier molecular flexibility index (Phi) is 5.33. The van der Waals surface area contributed by atoms with Gasteiger partial charge in [0.25, 0.3) is 5.69 Å². The lowest BCUT2D eigenvalue weighted by Crippen LogP contribution is -2.18. The SMILES string of the molecule is C[C@H](NCc1ccc(Cl)c([N+](=O)[O-])c1)c1cccc(Br)c1. The summed E-state index contributed by atoms with van der Waals surface area (Å²) >= 11 is 9.24. The highest BCUT2D eigenvalue weighted by atomic mass is 79.9. The molecule has 6 heteroatoms. The highest BCUT2D eigenvalue weighted by Crippen LogP contribution is 2.25. The number of hydrogen-bond acceptors (Lipinski definition) is 3. The van der Waals surface area contributed by atoms with Crippen molar-refractivity contribution in [1.82, 2.24) is 5.32 Å². The third-order valence-corrected chi connectivity index (χ3v) is 3.98. The van der Waals surface area contributed by atoms with E-state index in [1.807, 2.05) is 31.2 Å². The zero-order valence-electron chi connectivity index (χ0n) is 11.3. The van der Waals surface area contributed by atoms with Gasteiger partial charge < -0.3 is 5.32 Å². The molecule has 0 aliphatic carbocycles. The van der Waals surface area contributed by atoms with Crippen molar-refractivity contribution in [1.29, 1.82) is 0 Å². The Morgan fingerprint density at radius 3 is 2.76 bits per heavy atom. The maximum Gasteiger partial charge on any atom is 0.288 e. The number of nitro benzene ring substituents is 1. The molecular formula is C15H14BrClN2O2. The summed E-state index contributed by atoms with van der Waals surface area (Å²) in [6.07, 6.45) is 0. The number of hydrogen-bond donors (Lipinski definition) is 1. The molecule has 2 aromatic rings. The van der Waals surface area contributed by atoms with Gasteiger partial charge in [-0.25, -0.2) is 0 Å². The molecule has 0 saturated heterocycles. The van der Waals surface area contributed by atoms with E-state index in [1.54, 1.807) is 12.1 Å². The van der Waals surface area contributed by atoms with E-state index in [0.717, 1.165) is 15.6 Å². The molecule has 21 heavy (non-hydrogen) atoms. The molecule has 0 radical (unpaired) electrons. The smallest absolute Gasteiger partial charge is 0.288 e. The normalized spacial score (nSPS) is 12.1. The van der Waals surface area contributed by atoms with Crippen LogP contribution in [0.1, 0.15) is 24.1 Å². The van der Waals surface area contributed by atoms with E-state index in [1.165, 1.54) is 6.07 Å². The van der Waals surface area contributed by atoms with E-state index in [-0.39, 0.29) is 16.8 Å². The van der Waals surface area contributed by atoms with Gasteiger partial charge >= 0.3 is 0 Å². The van der Waals surface area contributed by atoms with Gasteiger partial charge in [0.1, 0.15) is 5.02 Å². The van der Waals surface area contributed by atoms with Crippen LogP contribution in [0.4, 0.5) is 5.69 Å². The van der Waals surface area contributed by atoms with Crippen LogP contribution in [0, 0.1) is 10.1 Å². The van der Waals surface area contributed by atoms with Crippen molar-refractivity contribution in [3.8, 4) is 0 Å². The molecule has 0 heterocycles. The fourth-order valence-corrected chi connectivity index (χ4v) is 2.58. The number of rotatable bonds is 5. The Hall–Kier alpha value is -1.43. The monoisotopic (exact) mass is 368 g/mol. The first kappa shape index (κ1) is 15.9. The Morgan fingerprint density at radius 1 is 1.33 bits per heavy atom. The molecule has 0 spiro atoms. The van der Waals surface area contributed by atoms with E-state index in [2.05, 4.69) is 21.2 Å². The average Bonchev–Trinajstić information content (AvgIpc) is 2.45. The summed E-state index contributed by atoms with van der Waals surface area (Å²) in [5.74, 6) is 0. The lowest BCUT2D eigenvalue weighted by molar-refractivity contribution is -0.384. The first-order valence-electron chi connectivity index (χ1n) is 6.39. The molecule has 1 atom stereocenters. The van der Waals surface area contributed by atoms with E-state index in [9.17, 15) is 10.1 Å². The minimum absolute atomic E-state index is 0.0638. The minimum Gasteiger partial charge on any atom is -0.306 e. The van der Waals surface area contributed by atoms with E-state index < -0.39 is 4.92 Å². The van der Waals surface area contributed by atoms with Gasteiger partial charge in [-0.3, -0.25) is 10.1 Å². The van der Waals surface area contributed by atoms with Gasteiger partial charge in [0.05, 0.1) is 4.92 Å². The fraction of sp³-hybridized carbons (Fsp3) is 0.200. The van der Waals surface area contributed by atoms with Gasteiger partial charge in [0.15, 0.2) is 0 Å². The second-order valence-electron chi connectivity index (χ2n) is 4.70. The summed E-state index contributed by atoms with van der Waals surface area (Å²) < 4.78 is 1.02. The minimum atomic E-state index is -0.469. The molecule has 1 N–H and O–H groups in total. The van der Waals surface area contributed by atoms with Gasteiger partial charge in [0, 0.05) is 23.1 Å². The maximum absolute atomic E-state index is 10.9. The Bertz CT molecular complexity index is 664. The molecule has 110 valence electrons. The average molecular weight is 370 g/mol. The van der Waals surface area contributed by atoms with Crippen LogP contribution in [-0.2, 0) is 6.54 Å². The van der Waals surface area contributed by atoms with Crippen LogP contribution in [0.15, 0.2) is 46.9 Å². The summed E-state index contributed by atoms with van der Waals surface area (Å²) in [5.41, 5.74) is 1.91. The van der Waals surface area contributed by atoms with Crippen LogP contribution < -0.4 is 5.32 Å². The predicted octanol–water partition coefficient (Wildman–Crippen LogP) is 4.86. The number of halogens is 2. The molecule has 0 fully saturated rings. The molecule has 0 aromatic heterocycles. The zero-order valence-corrected chi connectivity index (χ0v) is 13.7. The standard InChI is InChI=1S/C15H14BrClN2O2/c1-10(12-3-2-4-13(16)8-12)18-9-11-5-6-14(17)15(7-11)19(20)21/h2-8,10,18H,9H2,1H3/t10-/m0/s1. The van der Waals surface area contributed by atoms with Crippen molar-refractivity contribution < 1.29 is 4.92 Å². The summed E-state index contributed by atoms with van der Waals surface area (Å²) in [6.45, 7) is 2.58. The molecule has 2 aromatic carbocycles. The third-order valence-electron chi connectivity index (χ3n) is 3.17. The van der Waals surface area contributed by atoms with Crippen LogP contribution >= 0.6 is 27.5 Å². The van der Waals surface area contributed by atoms with Crippen molar-refractivity contribution in [3.05, 3.63) is 73.2 Å². The van der Waals surface area contributed by atoms with Gasteiger partial charge in [-0.15, -0.1) is 0 Å². The lowest BCUT2D eigenvalue weighted by atomic mass is 10.1. The largest absolute Gasteiger partial charge is 0.306 e. The fourth-order valence-electron chi connectivity index (χ4n) is 1.97. The van der Waals surface area contributed by atoms with Crippen molar-refractivity contribution in [2.75, 3.05) is 0 Å². The number of nitrogens with one attached hydrogen (secondary N) is 1. The third kappa shape index (κ3) is 4.27. The van der Waals surface area contributed by atoms with Crippen LogP contribution in [0.2, 0.25) is 5.02 Å². The maximum atomic E-state index is 10.9. The predicted molar refractivity (Wildman–Crippen MR) is 87.5 cm³/mol. The first-order chi connectivity index (χ1) is 9.97. The molecule has 0 bridgehead atoms. The summed E-state index contributed by atoms with van der Waals surface area (Å²) in [6, 6.07) is 13.0. The second kappa shape index (κ2) is 7.02. The highest BCUT2D eigenvalue weighted by Gasteiger charge is 2.13. The topological polar surface area (TPSA) is 55.2 Å². The molecule has 4 nitrogen and oxygen atoms in total. The summed E-state index contributed by atoms with van der Waals surface area (Å²) in [4.78, 5) is 10.4. The molecule has 0 saturated carbocycles. The Labute approximate surface area is 136 Å². The molecular weight excluding hydrogens is 356 g/mol. The number of benzene rings is 2. The lowest BCUT2D eigenvalue weighted by Gasteiger charge is -2.14. The van der Waals surface area contributed by atoms with Gasteiger partial charge in [0.2, 0.25) is 0 Å². The van der Waals surface area contributed by atoms with Crippen molar-refractivity contribution >= 4 is 33.2 Å². The number of nitro groups is 1. The number of nitrogens with zero attached hydrogens (tertiary/aromatic N) is 1. The van der Waals surface area contributed by atoms with Gasteiger partial charge in [-0.05, 0) is 36.2 Å². The highest BCUT2D eigenvalue weighted by molar-refractivity contribution is 9.10. The van der Waals surface area contributed by atoms with Gasteiger partial charge in [-0.1, -0.05) is 45.7 Å². The van der Waals surface area contributed by atoms with Crippen molar-refractivity contribution in [3.63, 3.8) is 0 Å². The van der Waals surface area contributed by atoms with Crippen LogP contribution in [0.3, 0.4) is 0 Å². The van der Waals surface area contributed by atoms with Crippen molar-refractivity contribution in [2.24, 2.45) is 0 Å². The quantitative estimate of drug-likeness (QED) is 0.605. The molecule has 0 unspecified atom stereocenters. The van der Waals surface area contributed by atoms with E-state index >= 15 is 0 Å². The van der Waals surface area contributed by atoms with Crippen molar-refractivity contribution in [2.45, 2.75) is 19.5 Å². The van der Waals surface area contributed by atoms with E-state index in [0.29, 0.717) is 6.54 Å². The van der Waals surface area contributed by atoms with Gasteiger partial charge in [-0.2, -0.15) is 0 Å². The van der Waals surface area contributed by atoms with Crippen LogP contribution in [0.5, 0.6) is 0 Å². The first-order valence-corrected chi connectivity index (χ1v) is 7.56. The zero-order chi connectivity index (χ0) is 15.4. The Balaban J connectivity index is 2.06. The van der Waals surface area contributed by atoms with Crippen LogP contribution in [-0.4, -0.2) is 4.92 Å². The summed E-state index contributed by atoms with van der Waals surface area (Å²) in [7, 11) is 0. The molecule has 0 amide bonds. The molecule has 0 aliphatic heterocycles. The van der Waals surface area contributed by atoms with Crippen LogP contribution in [0.25, 0.3) is 0 Å². The van der Waals surface area contributed by atoms with E-state index in [4.69, 9.17) is 11.6 Å². The second-order valence-corrected chi connectivity index (χ2v) is 6.02. The Morgan fingerprint density at radius 2 is 2.10 bits per heavy atom. The summed E-state index contributed by atoms with van der Waals surface area (Å²) in [5, 5.41) is 14.4.